The minimum atomic E-state index is -0.312. The predicted molar refractivity (Wildman–Crippen MR) is 76.4 cm³/mol. The number of nitrogens with zero attached hydrogens (tertiary/aromatic N) is 1. The Kier molecular flexibility index (Phi) is 4.20. The fourth-order valence-electron chi connectivity index (χ4n) is 2.19. The SMILES string of the molecule is CCCc1cc(NCC)c2cc(F)cc(OC)c2n1. The minimum Gasteiger partial charge on any atom is -0.494 e. The molecular formula is C15H19FN2O. The number of anilines is 1. The predicted octanol–water partition coefficient (Wildman–Crippen LogP) is 3.77. The van der Waals surface area contributed by atoms with E-state index in [-0.39, 0.29) is 5.82 Å². The Labute approximate surface area is 112 Å². The van der Waals surface area contributed by atoms with Crippen molar-refractivity contribution < 1.29 is 9.13 Å². The first kappa shape index (κ1) is 13.6. The Morgan fingerprint density at radius 1 is 1.26 bits per heavy atom. The molecule has 3 nitrogen and oxygen atoms in total. The Bertz CT molecular complexity index is 584. The van der Waals surface area contributed by atoms with Gasteiger partial charge in [0, 0.05) is 29.4 Å². The number of rotatable bonds is 5. The molecular weight excluding hydrogens is 243 g/mol. The summed E-state index contributed by atoms with van der Waals surface area (Å²) in [5, 5.41) is 4.03. The Balaban J connectivity index is 2.70. The lowest BCUT2D eigenvalue weighted by molar-refractivity contribution is 0.415. The van der Waals surface area contributed by atoms with Crippen LogP contribution in [0.25, 0.3) is 10.9 Å². The zero-order valence-electron chi connectivity index (χ0n) is 11.6. The van der Waals surface area contributed by atoms with Crippen molar-refractivity contribution in [3.05, 3.63) is 29.7 Å². The molecule has 1 aromatic heterocycles. The summed E-state index contributed by atoms with van der Waals surface area (Å²) in [7, 11) is 1.54. The highest BCUT2D eigenvalue weighted by atomic mass is 19.1. The third-order valence-corrected chi connectivity index (χ3v) is 2.99. The highest BCUT2D eigenvalue weighted by molar-refractivity contribution is 5.95. The summed E-state index contributed by atoms with van der Waals surface area (Å²) in [5.41, 5.74) is 2.62. The zero-order chi connectivity index (χ0) is 13.8. The van der Waals surface area contributed by atoms with E-state index in [0.717, 1.165) is 36.2 Å². The van der Waals surface area contributed by atoms with Gasteiger partial charge >= 0.3 is 0 Å². The second kappa shape index (κ2) is 5.87. The molecule has 102 valence electrons. The van der Waals surface area contributed by atoms with E-state index in [2.05, 4.69) is 17.2 Å². The van der Waals surface area contributed by atoms with Gasteiger partial charge in [-0.15, -0.1) is 0 Å². The molecule has 0 spiro atoms. The largest absolute Gasteiger partial charge is 0.494 e. The van der Waals surface area contributed by atoms with Crippen molar-refractivity contribution in [2.45, 2.75) is 26.7 Å². The first-order valence-corrected chi connectivity index (χ1v) is 6.60. The van der Waals surface area contributed by atoms with Crippen LogP contribution in [0.5, 0.6) is 5.75 Å². The van der Waals surface area contributed by atoms with Gasteiger partial charge in [-0.3, -0.25) is 0 Å². The number of aromatic nitrogens is 1. The summed E-state index contributed by atoms with van der Waals surface area (Å²) in [6, 6.07) is 4.87. The first-order chi connectivity index (χ1) is 9.19. The van der Waals surface area contributed by atoms with E-state index in [1.165, 1.54) is 19.2 Å². The van der Waals surface area contributed by atoms with Gasteiger partial charge in [-0.2, -0.15) is 0 Å². The molecule has 1 heterocycles. The van der Waals surface area contributed by atoms with E-state index in [0.29, 0.717) is 11.3 Å². The molecule has 0 aliphatic heterocycles. The van der Waals surface area contributed by atoms with Gasteiger partial charge in [0.25, 0.3) is 0 Å². The van der Waals surface area contributed by atoms with Crippen molar-refractivity contribution in [3.8, 4) is 5.75 Å². The summed E-state index contributed by atoms with van der Waals surface area (Å²) in [6.45, 7) is 4.91. The normalized spacial score (nSPS) is 10.7. The fraction of sp³-hybridized carbons (Fsp3) is 0.400. The fourth-order valence-corrected chi connectivity index (χ4v) is 2.19. The number of methoxy groups -OCH3 is 1. The van der Waals surface area contributed by atoms with Crippen molar-refractivity contribution in [3.63, 3.8) is 0 Å². The van der Waals surface area contributed by atoms with Gasteiger partial charge in [-0.1, -0.05) is 13.3 Å². The van der Waals surface area contributed by atoms with Gasteiger partial charge in [-0.25, -0.2) is 9.37 Å². The monoisotopic (exact) mass is 262 g/mol. The summed E-state index contributed by atoms with van der Waals surface area (Å²) in [5.74, 6) is 0.167. The van der Waals surface area contributed by atoms with E-state index in [1.54, 1.807) is 0 Å². The van der Waals surface area contributed by atoms with Gasteiger partial charge in [-0.05, 0) is 25.5 Å². The number of hydrogen-bond acceptors (Lipinski definition) is 3. The number of pyridine rings is 1. The maximum absolute atomic E-state index is 13.6. The number of halogens is 1. The summed E-state index contributed by atoms with van der Waals surface area (Å²) >= 11 is 0. The first-order valence-electron chi connectivity index (χ1n) is 6.60. The molecule has 0 saturated carbocycles. The van der Waals surface area contributed by atoms with E-state index >= 15 is 0 Å². The average Bonchev–Trinajstić information content (AvgIpc) is 2.39. The Morgan fingerprint density at radius 2 is 2.05 bits per heavy atom. The van der Waals surface area contributed by atoms with E-state index in [1.807, 2.05) is 13.0 Å². The number of ether oxygens (including phenoxy) is 1. The number of hydrogen-bond donors (Lipinski definition) is 1. The molecule has 0 bridgehead atoms. The van der Waals surface area contributed by atoms with E-state index < -0.39 is 0 Å². The maximum atomic E-state index is 13.6. The number of fused-ring (bicyclic) bond motifs is 1. The lowest BCUT2D eigenvalue weighted by atomic mass is 10.1. The third kappa shape index (κ3) is 2.78. The van der Waals surface area contributed by atoms with Crippen LogP contribution < -0.4 is 10.1 Å². The second-order valence-corrected chi connectivity index (χ2v) is 4.45. The summed E-state index contributed by atoms with van der Waals surface area (Å²) in [6.07, 6.45) is 1.92. The van der Waals surface area contributed by atoms with E-state index in [9.17, 15) is 4.39 Å². The van der Waals surface area contributed by atoms with Crippen LogP contribution in [0.4, 0.5) is 10.1 Å². The molecule has 1 N–H and O–H groups in total. The zero-order valence-corrected chi connectivity index (χ0v) is 11.6. The van der Waals surface area contributed by atoms with Gasteiger partial charge < -0.3 is 10.1 Å². The van der Waals surface area contributed by atoms with Crippen molar-refractivity contribution in [2.24, 2.45) is 0 Å². The van der Waals surface area contributed by atoms with E-state index in [4.69, 9.17) is 4.74 Å². The van der Waals surface area contributed by atoms with Crippen molar-refractivity contribution in [2.75, 3.05) is 19.0 Å². The second-order valence-electron chi connectivity index (χ2n) is 4.45. The third-order valence-electron chi connectivity index (χ3n) is 2.99. The molecule has 0 amide bonds. The molecule has 0 fully saturated rings. The van der Waals surface area contributed by atoms with Crippen molar-refractivity contribution in [1.82, 2.24) is 4.98 Å². The molecule has 2 rings (SSSR count). The molecule has 0 unspecified atom stereocenters. The molecule has 4 heteroatoms. The van der Waals surface area contributed by atoms with Crippen LogP contribution in [-0.4, -0.2) is 18.6 Å². The molecule has 0 radical (unpaired) electrons. The molecule has 0 aliphatic rings. The molecule has 0 saturated heterocycles. The average molecular weight is 262 g/mol. The van der Waals surface area contributed by atoms with Crippen LogP contribution in [0.3, 0.4) is 0 Å². The van der Waals surface area contributed by atoms with Crippen LogP contribution in [-0.2, 0) is 6.42 Å². The summed E-state index contributed by atoms with van der Waals surface area (Å²) in [4.78, 5) is 4.59. The lowest BCUT2D eigenvalue weighted by Gasteiger charge is -2.13. The molecule has 19 heavy (non-hydrogen) atoms. The Morgan fingerprint density at radius 3 is 2.68 bits per heavy atom. The van der Waals surface area contributed by atoms with Gasteiger partial charge in [0.2, 0.25) is 0 Å². The number of aryl methyl sites for hydroxylation is 1. The van der Waals surface area contributed by atoms with Crippen LogP contribution in [0.2, 0.25) is 0 Å². The van der Waals surface area contributed by atoms with Crippen LogP contribution in [0.1, 0.15) is 26.0 Å². The number of nitrogens with one attached hydrogen (secondary N) is 1. The number of benzene rings is 1. The van der Waals surface area contributed by atoms with Gasteiger partial charge in [0.1, 0.15) is 17.1 Å². The molecule has 1 aromatic carbocycles. The molecule has 0 atom stereocenters. The maximum Gasteiger partial charge on any atom is 0.148 e. The van der Waals surface area contributed by atoms with Crippen LogP contribution in [0, 0.1) is 5.82 Å². The topological polar surface area (TPSA) is 34.1 Å². The van der Waals surface area contributed by atoms with Crippen LogP contribution in [0.15, 0.2) is 18.2 Å². The van der Waals surface area contributed by atoms with Crippen LogP contribution >= 0.6 is 0 Å². The Hall–Kier alpha value is -1.84. The van der Waals surface area contributed by atoms with Gasteiger partial charge in [0.15, 0.2) is 0 Å². The lowest BCUT2D eigenvalue weighted by Crippen LogP contribution is -2.02. The highest BCUT2D eigenvalue weighted by Crippen LogP contribution is 2.31. The highest BCUT2D eigenvalue weighted by Gasteiger charge is 2.11. The minimum absolute atomic E-state index is 0.312. The standard InChI is InChI=1S/C15H19FN2O/c1-4-6-11-9-13(17-5-2)12-7-10(16)8-14(19-3)15(12)18-11/h7-9H,4-6H2,1-3H3,(H,17,18). The van der Waals surface area contributed by atoms with Crippen molar-refractivity contribution >= 4 is 16.6 Å². The summed E-state index contributed by atoms with van der Waals surface area (Å²) < 4.78 is 18.9. The smallest absolute Gasteiger partial charge is 0.148 e. The molecule has 2 aromatic rings. The quantitative estimate of drug-likeness (QED) is 0.890. The molecule has 0 aliphatic carbocycles. The van der Waals surface area contributed by atoms with Gasteiger partial charge in [0.05, 0.1) is 7.11 Å². The van der Waals surface area contributed by atoms with Crippen molar-refractivity contribution in [1.29, 1.82) is 0 Å².